The summed E-state index contributed by atoms with van der Waals surface area (Å²) >= 11 is 0. The van der Waals surface area contributed by atoms with E-state index in [1.807, 2.05) is 80.0 Å². The summed E-state index contributed by atoms with van der Waals surface area (Å²) in [5.74, 6) is 1.71. The van der Waals surface area contributed by atoms with Gasteiger partial charge in [-0.15, -0.1) is 0 Å². The van der Waals surface area contributed by atoms with Gasteiger partial charge in [-0.25, -0.2) is 19.7 Å². The number of ether oxygens (including phenoxy) is 3. The van der Waals surface area contributed by atoms with Crippen LogP contribution in [0.4, 0.5) is 0 Å². The molecule has 0 radical (unpaired) electrons. The molecule has 4 aromatic heterocycles. The first-order chi connectivity index (χ1) is 21.8. The number of esters is 1. The summed E-state index contributed by atoms with van der Waals surface area (Å²) in [5, 5.41) is 0. The van der Waals surface area contributed by atoms with E-state index >= 15 is 0 Å². The van der Waals surface area contributed by atoms with Gasteiger partial charge >= 0.3 is 5.97 Å². The summed E-state index contributed by atoms with van der Waals surface area (Å²) in [7, 11) is 0. The third-order valence-electron chi connectivity index (χ3n) is 8.59. The highest BCUT2D eigenvalue weighted by atomic mass is 16.6. The minimum atomic E-state index is -0.552. The van der Waals surface area contributed by atoms with E-state index in [9.17, 15) is 4.79 Å². The Bertz CT molecular complexity index is 1810. The second-order valence-corrected chi connectivity index (χ2v) is 13.1. The van der Waals surface area contributed by atoms with E-state index in [0.29, 0.717) is 24.0 Å². The molecule has 0 spiro atoms. The fourth-order valence-electron chi connectivity index (χ4n) is 6.13. The van der Waals surface area contributed by atoms with Crippen LogP contribution in [0.2, 0.25) is 0 Å². The molecule has 1 atom stereocenters. The maximum absolute atomic E-state index is 12.8. The van der Waals surface area contributed by atoms with Crippen LogP contribution in [0.3, 0.4) is 0 Å². The first-order valence-corrected chi connectivity index (χ1v) is 15.9. The second kappa shape index (κ2) is 12.3. The number of fused-ring (bicyclic) bond motifs is 2. The van der Waals surface area contributed by atoms with Crippen LogP contribution in [-0.2, 0) is 29.2 Å². The van der Waals surface area contributed by atoms with Crippen LogP contribution in [0.1, 0.15) is 73.4 Å². The van der Waals surface area contributed by atoms with Crippen molar-refractivity contribution in [3.8, 4) is 5.88 Å². The van der Waals surface area contributed by atoms with Crippen molar-refractivity contribution in [2.75, 3.05) is 19.7 Å². The fourth-order valence-corrected chi connectivity index (χ4v) is 6.13. The number of carbonyl (C=O) groups is 1. The number of nitrogens with zero attached hydrogens (tertiary/aromatic N) is 6. The lowest BCUT2D eigenvalue weighted by molar-refractivity contribution is -0.0592. The maximum Gasteiger partial charge on any atom is 0.338 e. The lowest BCUT2D eigenvalue weighted by atomic mass is 9.93. The standard InChI is InChI=1S/C35H40N6O4/c1-35(2,3)45-34(42)26-8-9-29-30(19-26)41(21-27-13-18-43-27)32(37-29)22-39-15-11-25(12-16-39)28-5-4-6-33(38-28)44-23-24-7-10-31-36-14-17-40(31)20-24/h4-10,14,17,19-20,25,27H,11-13,15-16,18,21-23H2,1-3H3/t27-/m0/s1. The Morgan fingerprint density at radius 1 is 1.04 bits per heavy atom. The zero-order valence-corrected chi connectivity index (χ0v) is 26.2. The Hall–Kier alpha value is -4.28. The third kappa shape index (κ3) is 6.72. The second-order valence-electron chi connectivity index (χ2n) is 13.1. The van der Waals surface area contributed by atoms with E-state index in [2.05, 4.69) is 20.5 Å². The van der Waals surface area contributed by atoms with Crippen molar-refractivity contribution >= 4 is 22.6 Å². The molecule has 2 aliphatic rings. The highest BCUT2D eigenvalue weighted by molar-refractivity contribution is 5.94. The molecule has 0 aliphatic carbocycles. The normalized spacial score (nSPS) is 17.9. The number of benzene rings is 1. The lowest BCUT2D eigenvalue weighted by Gasteiger charge is -2.32. The molecule has 0 saturated carbocycles. The fraction of sp³-hybridized carbons (Fsp3) is 0.429. The summed E-state index contributed by atoms with van der Waals surface area (Å²) in [6.07, 6.45) is 9.00. The molecule has 6 heterocycles. The highest BCUT2D eigenvalue weighted by Crippen LogP contribution is 2.30. The molecule has 5 aromatic rings. The van der Waals surface area contributed by atoms with Crippen molar-refractivity contribution in [1.82, 2.24) is 28.8 Å². The van der Waals surface area contributed by atoms with Gasteiger partial charge in [0.15, 0.2) is 0 Å². The summed E-state index contributed by atoms with van der Waals surface area (Å²) in [6.45, 7) is 10.3. The summed E-state index contributed by atoms with van der Waals surface area (Å²) in [4.78, 5) is 29.5. The van der Waals surface area contributed by atoms with Gasteiger partial charge in [0, 0.05) is 48.4 Å². The zero-order valence-electron chi connectivity index (χ0n) is 26.2. The van der Waals surface area contributed by atoms with Crippen molar-refractivity contribution in [1.29, 1.82) is 0 Å². The van der Waals surface area contributed by atoms with Gasteiger partial charge in [0.25, 0.3) is 0 Å². The van der Waals surface area contributed by atoms with E-state index in [1.165, 1.54) is 0 Å². The van der Waals surface area contributed by atoms with Crippen LogP contribution in [0.5, 0.6) is 5.88 Å². The van der Waals surface area contributed by atoms with Crippen molar-refractivity contribution in [3.63, 3.8) is 0 Å². The van der Waals surface area contributed by atoms with E-state index in [-0.39, 0.29) is 12.1 Å². The third-order valence-corrected chi connectivity index (χ3v) is 8.59. The van der Waals surface area contributed by atoms with Gasteiger partial charge in [-0.1, -0.05) is 12.1 Å². The summed E-state index contributed by atoms with van der Waals surface area (Å²) < 4.78 is 21.7. The number of piperidine rings is 1. The van der Waals surface area contributed by atoms with Gasteiger partial charge < -0.3 is 23.2 Å². The van der Waals surface area contributed by atoms with E-state index in [0.717, 1.165) is 85.8 Å². The van der Waals surface area contributed by atoms with Gasteiger partial charge in [-0.3, -0.25) is 4.90 Å². The number of imidazole rings is 2. The zero-order chi connectivity index (χ0) is 31.0. The number of hydrogen-bond donors (Lipinski definition) is 0. The van der Waals surface area contributed by atoms with Gasteiger partial charge in [0.05, 0.1) is 35.8 Å². The Balaban J connectivity index is 1.01. The smallest absolute Gasteiger partial charge is 0.338 e. The molecule has 2 aliphatic heterocycles. The number of likely N-dealkylation sites (tertiary alicyclic amines) is 1. The number of pyridine rings is 2. The molecular formula is C35H40N6O4. The van der Waals surface area contributed by atoms with Crippen LogP contribution in [0.25, 0.3) is 16.7 Å². The number of carbonyl (C=O) groups excluding carboxylic acids is 1. The molecular weight excluding hydrogens is 568 g/mol. The first-order valence-electron chi connectivity index (χ1n) is 15.9. The Morgan fingerprint density at radius 3 is 2.67 bits per heavy atom. The lowest BCUT2D eigenvalue weighted by Crippen LogP contribution is -2.35. The number of rotatable bonds is 9. The average molecular weight is 609 g/mol. The van der Waals surface area contributed by atoms with Crippen molar-refractivity contribution < 1.29 is 19.0 Å². The molecule has 0 unspecified atom stereocenters. The molecule has 2 saturated heterocycles. The number of hydrogen-bond acceptors (Lipinski definition) is 8. The molecule has 234 valence electrons. The van der Waals surface area contributed by atoms with Crippen molar-refractivity contribution in [2.24, 2.45) is 0 Å². The molecule has 10 heteroatoms. The predicted octanol–water partition coefficient (Wildman–Crippen LogP) is 5.78. The molecule has 45 heavy (non-hydrogen) atoms. The molecule has 10 nitrogen and oxygen atoms in total. The van der Waals surface area contributed by atoms with Crippen LogP contribution < -0.4 is 4.74 Å². The Kier molecular flexibility index (Phi) is 8.01. The highest BCUT2D eigenvalue weighted by Gasteiger charge is 2.27. The van der Waals surface area contributed by atoms with Crippen molar-refractivity contribution in [2.45, 2.75) is 77.4 Å². The monoisotopic (exact) mass is 608 g/mol. The molecule has 7 rings (SSSR count). The van der Waals surface area contributed by atoms with Crippen molar-refractivity contribution in [3.05, 3.63) is 89.8 Å². The van der Waals surface area contributed by atoms with E-state index < -0.39 is 5.60 Å². The Morgan fingerprint density at radius 2 is 1.89 bits per heavy atom. The molecule has 0 amide bonds. The predicted molar refractivity (Wildman–Crippen MR) is 170 cm³/mol. The van der Waals surface area contributed by atoms with Gasteiger partial charge in [0.1, 0.15) is 23.7 Å². The van der Waals surface area contributed by atoms with Crippen LogP contribution >= 0.6 is 0 Å². The van der Waals surface area contributed by atoms with Crippen LogP contribution in [-0.4, -0.2) is 66.2 Å². The van der Waals surface area contributed by atoms with Crippen LogP contribution in [0, 0.1) is 0 Å². The minimum absolute atomic E-state index is 0.173. The van der Waals surface area contributed by atoms with E-state index in [4.69, 9.17) is 24.2 Å². The van der Waals surface area contributed by atoms with Gasteiger partial charge in [-0.2, -0.15) is 0 Å². The Labute approximate surface area is 263 Å². The maximum atomic E-state index is 12.8. The summed E-state index contributed by atoms with van der Waals surface area (Å²) in [5.41, 5.74) is 4.89. The summed E-state index contributed by atoms with van der Waals surface area (Å²) in [6, 6.07) is 15.8. The van der Waals surface area contributed by atoms with E-state index in [1.54, 1.807) is 6.20 Å². The number of aromatic nitrogens is 5. The molecule has 1 aromatic carbocycles. The topological polar surface area (TPSA) is 96.0 Å². The molecule has 0 bridgehead atoms. The quantitative estimate of drug-likeness (QED) is 0.194. The average Bonchev–Trinajstić information content (AvgIpc) is 3.61. The SMILES string of the molecule is CC(C)(C)OC(=O)c1ccc2nc(CN3CCC(c4cccc(OCc5ccc6nccn6c5)n4)CC3)n(C[C@@H]3CCO3)c2c1. The molecule has 0 N–H and O–H groups in total. The minimum Gasteiger partial charge on any atom is -0.473 e. The van der Waals surface area contributed by atoms with Crippen LogP contribution in [0.15, 0.2) is 67.1 Å². The molecule has 2 fully saturated rings. The van der Waals surface area contributed by atoms with Gasteiger partial charge in [-0.05, 0) is 83.5 Å². The van der Waals surface area contributed by atoms with Gasteiger partial charge in [0.2, 0.25) is 5.88 Å². The first kappa shape index (κ1) is 29.4. The largest absolute Gasteiger partial charge is 0.473 e.